The van der Waals surface area contributed by atoms with Crippen molar-refractivity contribution in [1.29, 1.82) is 0 Å². The van der Waals surface area contributed by atoms with Crippen molar-refractivity contribution in [3.05, 3.63) is 36.2 Å². The van der Waals surface area contributed by atoms with E-state index in [0.717, 1.165) is 47.8 Å². The first kappa shape index (κ1) is 16.5. The molecule has 140 valence electrons. The van der Waals surface area contributed by atoms with E-state index in [1.54, 1.807) is 10.9 Å². The zero-order chi connectivity index (χ0) is 18.2. The Morgan fingerprint density at radius 2 is 2.19 bits per heavy atom. The Morgan fingerprint density at radius 1 is 1.22 bits per heavy atom. The zero-order valence-corrected chi connectivity index (χ0v) is 15.3. The normalized spacial score (nSPS) is 20.9. The second kappa shape index (κ2) is 6.79. The van der Waals surface area contributed by atoms with Crippen LogP contribution in [0.4, 0.5) is 5.82 Å². The van der Waals surface area contributed by atoms with Gasteiger partial charge in [0.15, 0.2) is 11.5 Å². The van der Waals surface area contributed by atoms with Crippen molar-refractivity contribution in [2.45, 2.75) is 19.4 Å². The van der Waals surface area contributed by atoms with E-state index < -0.39 is 0 Å². The molecule has 1 atom stereocenters. The summed E-state index contributed by atoms with van der Waals surface area (Å²) < 4.78 is 13.1. The third-order valence-electron chi connectivity index (χ3n) is 5.15. The van der Waals surface area contributed by atoms with Crippen LogP contribution >= 0.6 is 0 Å². The van der Waals surface area contributed by atoms with E-state index in [-0.39, 0.29) is 6.04 Å². The van der Waals surface area contributed by atoms with Crippen molar-refractivity contribution in [3.63, 3.8) is 0 Å². The Bertz CT molecular complexity index is 978. The molecule has 3 aromatic heterocycles. The average Bonchev–Trinajstić information content (AvgIpc) is 3.38. The summed E-state index contributed by atoms with van der Waals surface area (Å²) in [5.74, 6) is 1.67. The molecular formula is C19H22N6O2. The molecule has 1 unspecified atom stereocenters. The summed E-state index contributed by atoms with van der Waals surface area (Å²) in [6.07, 6.45) is 6.84. The van der Waals surface area contributed by atoms with E-state index in [9.17, 15) is 0 Å². The van der Waals surface area contributed by atoms with Gasteiger partial charge < -0.3 is 14.4 Å². The van der Waals surface area contributed by atoms with Crippen LogP contribution in [-0.4, -0.2) is 64.0 Å². The number of hydrogen-bond donors (Lipinski definition) is 1. The Morgan fingerprint density at radius 3 is 2.96 bits per heavy atom. The molecule has 3 aromatic rings. The Hall–Kier alpha value is -2.71. The van der Waals surface area contributed by atoms with Crippen LogP contribution in [0.3, 0.4) is 0 Å². The number of nitrogens with zero attached hydrogens (tertiary/aromatic N) is 5. The predicted octanol–water partition coefficient (Wildman–Crippen LogP) is 2.17. The first-order chi connectivity index (χ1) is 13.3. The Labute approximate surface area is 156 Å². The van der Waals surface area contributed by atoms with Crippen LogP contribution < -0.4 is 4.90 Å². The van der Waals surface area contributed by atoms with Crippen molar-refractivity contribution in [3.8, 4) is 5.82 Å². The van der Waals surface area contributed by atoms with Crippen molar-refractivity contribution in [2.24, 2.45) is 0 Å². The van der Waals surface area contributed by atoms with Crippen LogP contribution in [0.2, 0.25) is 0 Å². The summed E-state index contributed by atoms with van der Waals surface area (Å²) in [5, 5.41) is 12.7. The molecule has 2 aliphatic rings. The molecular weight excluding hydrogens is 344 g/mol. The summed E-state index contributed by atoms with van der Waals surface area (Å²) >= 11 is 0. The number of rotatable bonds is 3. The van der Waals surface area contributed by atoms with Crippen LogP contribution in [0, 0.1) is 0 Å². The number of aromatic nitrogens is 5. The summed E-state index contributed by atoms with van der Waals surface area (Å²) in [6.45, 7) is 5.80. The van der Waals surface area contributed by atoms with Gasteiger partial charge in [0.05, 0.1) is 38.7 Å². The third-order valence-corrected chi connectivity index (χ3v) is 5.15. The quantitative estimate of drug-likeness (QED) is 0.765. The second-order valence-corrected chi connectivity index (χ2v) is 6.94. The van der Waals surface area contributed by atoms with Gasteiger partial charge in [-0.2, -0.15) is 14.9 Å². The number of pyridine rings is 1. The lowest BCUT2D eigenvalue weighted by atomic mass is 10.0. The van der Waals surface area contributed by atoms with Gasteiger partial charge in [-0.05, 0) is 30.5 Å². The lowest BCUT2D eigenvalue weighted by Gasteiger charge is -2.34. The van der Waals surface area contributed by atoms with Crippen LogP contribution in [0.25, 0.3) is 22.4 Å². The van der Waals surface area contributed by atoms with Crippen LogP contribution in [0.1, 0.15) is 18.9 Å². The zero-order valence-electron chi connectivity index (χ0n) is 15.3. The van der Waals surface area contributed by atoms with E-state index in [1.807, 2.05) is 12.3 Å². The second-order valence-electron chi connectivity index (χ2n) is 6.94. The maximum absolute atomic E-state index is 5.70. The number of H-pyrrole nitrogens is 1. The smallest absolute Gasteiger partial charge is 0.177 e. The topological polar surface area (TPSA) is 81.1 Å². The number of morpholine rings is 1. The number of ether oxygens (including phenoxy) is 2. The standard InChI is InChI=1S/C19H22N6O2/c1-13-11-27-8-6-24(13)18-9-15(14-3-2-7-26-12-14)16-10-21-25(19(16)22-18)17-4-5-20-23-17/h3-5,9-10,13H,2,6-8,11-12H2,1H3,(H,20,23). The van der Waals surface area contributed by atoms with Gasteiger partial charge in [0, 0.05) is 24.2 Å². The molecule has 8 heteroatoms. The van der Waals surface area contributed by atoms with Gasteiger partial charge in [-0.1, -0.05) is 6.08 Å². The number of anilines is 1. The fourth-order valence-corrected chi connectivity index (χ4v) is 3.75. The molecule has 5 rings (SSSR count). The Balaban J connectivity index is 1.70. The number of fused-ring (bicyclic) bond motifs is 1. The number of hydrogen-bond acceptors (Lipinski definition) is 6. The summed E-state index contributed by atoms with van der Waals surface area (Å²) in [6, 6.07) is 4.33. The molecule has 0 bridgehead atoms. The largest absolute Gasteiger partial charge is 0.377 e. The van der Waals surface area contributed by atoms with Crippen molar-refractivity contribution >= 4 is 22.4 Å². The molecule has 5 heterocycles. The highest BCUT2D eigenvalue weighted by molar-refractivity contribution is 5.92. The Kier molecular flexibility index (Phi) is 4.14. The van der Waals surface area contributed by atoms with E-state index in [0.29, 0.717) is 19.8 Å². The highest BCUT2D eigenvalue weighted by atomic mass is 16.5. The van der Waals surface area contributed by atoms with Gasteiger partial charge in [-0.15, -0.1) is 0 Å². The molecule has 8 nitrogen and oxygen atoms in total. The first-order valence-electron chi connectivity index (χ1n) is 9.32. The van der Waals surface area contributed by atoms with Gasteiger partial charge in [0.25, 0.3) is 0 Å². The van der Waals surface area contributed by atoms with Crippen LogP contribution in [0.15, 0.2) is 30.6 Å². The highest BCUT2D eigenvalue weighted by Gasteiger charge is 2.24. The first-order valence-corrected chi connectivity index (χ1v) is 9.32. The minimum absolute atomic E-state index is 0.273. The molecule has 2 aliphatic heterocycles. The van der Waals surface area contributed by atoms with Gasteiger partial charge in [0.2, 0.25) is 0 Å². The fourth-order valence-electron chi connectivity index (χ4n) is 3.75. The van der Waals surface area contributed by atoms with Crippen molar-refractivity contribution in [2.75, 3.05) is 37.9 Å². The minimum atomic E-state index is 0.273. The summed E-state index contributed by atoms with van der Waals surface area (Å²) in [7, 11) is 0. The van der Waals surface area contributed by atoms with Crippen molar-refractivity contribution < 1.29 is 9.47 Å². The average molecular weight is 366 g/mol. The molecule has 0 saturated carbocycles. The van der Waals surface area contributed by atoms with Crippen LogP contribution in [0.5, 0.6) is 0 Å². The molecule has 27 heavy (non-hydrogen) atoms. The number of nitrogens with one attached hydrogen (secondary N) is 1. The fraction of sp³-hybridized carbons (Fsp3) is 0.421. The van der Waals surface area contributed by atoms with Crippen molar-refractivity contribution in [1.82, 2.24) is 25.0 Å². The molecule has 0 amide bonds. The molecule has 1 fully saturated rings. The van der Waals surface area contributed by atoms with E-state index >= 15 is 0 Å². The van der Waals surface area contributed by atoms with E-state index in [2.05, 4.69) is 39.3 Å². The summed E-state index contributed by atoms with van der Waals surface area (Å²) in [4.78, 5) is 7.27. The maximum atomic E-state index is 5.70. The lowest BCUT2D eigenvalue weighted by molar-refractivity contribution is 0.0985. The molecule has 0 spiro atoms. The molecule has 0 aromatic carbocycles. The number of aromatic amines is 1. The molecule has 1 saturated heterocycles. The van der Waals surface area contributed by atoms with E-state index in [4.69, 9.17) is 14.5 Å². The molecule has 0 radical (unpaired) electrons. The summed E-state index contributed by atoms with van der Waals surface area (Å²) in [5.41, 5.74) is 3.13. The molecule has 1 N–H and O–H groups in total. The van der Waals surface area contributed by atoms with Gasteiger partial charge in [0.1, 0.15) is 5.82 Å². The highest BCUT2D eigenvalue weighted by Crippen LogP contribution is 2.32. The SMILES string of the molecule is CC1COCCN1c1cc(C2=CCCOC2)c2cnn(-c3cc[nH]n3)c2n1. The predicted molar refractivity (Wildman–Crippen MR) is 102 cm³/mol. The minimum Gasteiger partial charge on any atom is -0.377 e. The third kappa shape index (κ3) is 2.90. The monoisotopic (exact) mass is 366 g/mol. The van der Waals surface area contributed by atoms with Gasteiger partial charge >= 0.3 is 0 Å². The van der Waals surface area contributed by atoms with E-state index in [1.165, 1.54) is 5.57 Å². The van der Waals surface area contributed by atoms with Gasteiger partial charge in [-0.3, -0.25) is 5.10 Å². The van der Waals surface area contributed by atoms with Crippen LogP contribution in [-0.2, 0) is 9.47 Å². The molecule has 0 aliphatic carbocycles. The van der Waals surface area contributed by atoms with Gasteiger partial charge in [-0.25, -0.2) is 4.98 Å². The lowest BCUT2D eigenvalue weighted by Crippen LogP contribution is -2.44. The maximum Gasteiger partial charge on any atom is 0.177 e.